The highest BCUT2D eigenvalue weighted by atomic mass is 32.1. The Morgan fingerprint density at radius 3 is 2.42 bits per heavy atom. The third kappa shape index (κ3) is 6.44. The molecule has 0 unspecified atom stereocenters. The van der Waals surface area contributed by atoms with E-state index in [1.54, 1.807) is 59.6 Å². The summed E-state index contributed by atoms with van der Waals surface area (Å²) in [5.74, 6) is -4.02. The highest BCUT2D eigenvalue weighted by Gasteiger charge is 2.45. The minimum Gasteiger partial charge on any atom is -0.381 e. The zero-order chi connectivity index (χ0) is 36.9. The number of nitrogens with zero attached hydrogens (tertiary/aromatic N) is 3. The Balaban J connectivity index is 0.989. The molecule has 0 atom stereocenters. The topological polar surface area (TPSA) is 104 Å². The van der Waals surface area contributed by atoms with Gasteiger partial charge in [0, 0.05) is 71.7 Å². The third-order valence-corrected chi connectivity index (χ3v) is 11.4. The lowest BCUT2D eigenvalue weighted by Gasteiger charge is -2.53. The number of fused-ring (bicyclic) bond motifs is 3. The van der Waals surface area contributed by atoms with Crippen LogP contribution >= 0.6 is 11.3 Å². The lowest BCUT2D eigenvalue weighted by molar-refractivity contribution is -0.000511. The van der Waals surface area contributed by atoms with Gasteiger partial charge in [-0.15, -0.1) is 11.3 Å². The van der Waals surface area contributed by atoms with E-state index in [2.05, 4.69) is 20.5 Å². The molecular formula is C40H34F3N5O4S. The maximum atomic E-state index is 15.9. The van der Waals surface area contributed by atoms with Crippen LogP contribution in [-0.2, 0) is 11.2 Å². The van der Waals surface area contributed by atoms with E-state index in [0.29, 0.717) is 38.8 Å². The van der Waals surface area contributed by atoms with Crippen LogP contribution in [0.2, 0.25) is 0 Å². The van der Waals surface area contributed by atoms with Crippen LogP contribution in [-0.4, -0.2) is 55.6 Å². The van der Waals surface area contributed by atoms with Gasteiger partial charge in [0.15, 0.2) is 17.5 Å². The predicted molar refractivity (Wildman–Crippen MR) is 197 cm³/mol. The number of hydrogen-bond donors (Lipinski definition) is 2. The molecule has 1 spiro atoms. The maximum absolute atomic E-state index is 15.9. The van der Waals surface area contributed by atoms with Crippen LogP contribution in [0.5, 0.6) is 0 Å². The summed E-state index contributed by atoms with van der Waals surface area (Å²) < 4.78 is 49.4. The first-order chi connectivity index (χ1) is 25.6. The van der Waals surface area contributed by atoms with E-state index in [0.717, 1.165) is 62.1 Å². The highest BCUT2D eigenvalue weighted by Crippen LogP contribution is 2.44. The van der Waals surface area contributed by atoms with Crippen molar-refractivity contribution in [3.63, 3.8) is 0 Å². The second-order valence-corrected chi connectivity index (χ2v) is 14.7. The first kappa shape index (κ1) is 34.6. The molecule has 2 fully saturated rings. The van der Waals surface area contributed by atoms with Gasteiger partial charge in [0.1, 0.15) is 10.7 Å². The molecule has 0 bridgehead atoms. The number of thiophene rings is 1. The molecule has 8 rings (SSSR count). The number of halogens is 3. The van der Waals surface area contributed by atoms with Gasteiger partial charge in [-0.05, 0) is 80.3 Å². The number of carbonyl (C=O) groups excluding carboxylic acids is 3. The summed E-state index contributed by atoms with van der Waals surface area (Å²) in [4.78, 5) is 49.2. The number of aromatic nitrogens is 1. The molecule has 3 aromatic carbocycles. The van der Waals surface area contributed by atoms with Gasteiger partial charge < -0.3 is 25.2 Å². The van der Waals surface area contributed by atoms with Gasteiger partial charge >= 0.3 is 0 Å². The molecule has 0 aliphatic carbocycles. The molecule has 270 valence electrons. The number of amides is 3. The van der Waals surface area contributed by atoms with Crippen molar-refractivity contribution in [1.82, 2.24) is 4.98 Å². The highest BCUT2D eigenvalue weighted by molar-refractivity contribution is 7.17. The van der Waals surface area contributed by atoms with E-state index in [4.69, 9.17) is 4.74 Å². The average molecular weight is 738 g/mol. The lowest BCUT2D eigenvalue weighted by atomic mass is 9.73. The number of anilines is 4. The van der Waals surface area contributed by atoms with Crippen molar-refractivity contribution in [3.05, 3.63) is 124 Å². The van der Waals surface area contributed by atoms with Crippen LogP contribution in [0.4, 0.5) is 36.1 Å². The van der Waals surface area contributed by atoms with Crippen LogP contribution < -0.4 is 20.4 Å². The molecule has 2 aromatic heterocycles. The van der Waals surface area contributed by atoms with Crippen molar-refractivity contribution in [3.8, 4) is 10.4 Å². The fourth-order valence-corrected chi connectivity index (χ4v) is 8.49. The molecule has 2 saturated heterocycles. The molecule has 3 amide bonds. The molecule has 3 aliphatic heterocycles. The number of rotatable bonds is 6. The lowest BCUT2D eigenvalue weighted by Crippen LogP contribution is -2.59. The van der Waals surface area contributed by atoms with Gasteiger partial charge in [0.2, 0.25) is 0 Å². The van der Waals surface area contributed by atoms with Gasteiger partial charge in [-0.3, -0.25) is 14.4 Å². The van der Waals surface area contributed by atoms with E-state index in [-0.39, 0.29) is 40.6 Å². The molecular weight excluding hydrogens is 704 g/mol. The summed E-state index contributed by atoms with van der Waals surface area (Å²) in [6.45, 7) is 5.18. The predicted octanol–water partition coefficient (Wildman–Crippen LogP) is 7.86. The van der Waals surface area contributed by atoms with E-state index >= 15 is 4.39 Å². The first-order valence-electron chi connectivity index (χ1n) is 17.3. The molecule has 13 heteroatoms. The van der Waals surface area contributed by atoms with Gasteiger partial charge in [0.05, 0.1) is 16.9 Å². The van der Waals surface area contributed by atoms with Crippen molar-refractivity contribution < 1.29 is 32.3 Å². The molecule has 3 aliphatic rings. The Hall–Kier alpha value is -5.53. The van der Waals surface area contributed by atoms with E-state index in [9.17, 15) is 23.2 Å². The van der Waals surface area contributed by atoms with Gasteiger partial charge in [-0.2, -0.15) is 0 Å². The Morgan fingerprint density at radius 1 is 0.887 bits per heavy atom. The normalized spacial score (nSPS) is 15.9. The van der Waals surface area contributed by atoms with E-state index in [1.165, 1.54) is 12.1 Å². The molecule has 9 nitrogen and oxygen atoms in total. The minimum absolute atomic E-state index is 0.104. The van der Waals surface area contributed by atoms with Crippen LogP contribution in [0.25, 0.3) is 10.4 Å². The largest absolute Gasteiger partial charge is 0.381 e. The van der Waals surface area contributed by atoms with Crippen molar-refractivity contribution in [1.29, 1.82) is 0 Å². The minimum atomic E-state index is -1.24. The number of pyridine rings is 1. The van der Waals surface area contributed by atoms with Crippen molar-refractivity contribution >= 4 is 51.9 Å². The number of nitrogens with one attached hydrogen (secondary N) is 2. The first-order valence-corrected chi connectivity index (χ1v) is 18.1. The summed E-state index contributed by atoms with van der Waals surface area (Å²) in [5, 5.41) is 5.23. The van der Waals surface area contributed by atoms with Crippen LogP contribution in [0.3, 0.4) is 0 Å². The van der Waals surface area contributed by atoms with Crippen molar-refractivity contribution in [2.75, 3.05) is 53.3 Å². The zero-order valence-electron chi connectivity index (χ0n) is 28.7. The zero-order valence-corrected chi connectivity index (χ0v) is 29.5. The fourth-order valence-electron chi connectivity index (χ4n) is 7.33. The van der Waals surface area contributed by atoms with Crippen LogP contribution in [0, 0.1) is 29.8 Å². The Labute approximate surface area is 307 Å². The van der Waals surface area contributed by atoms with Gasteiger partial charge in [-0.25, -0.2) is 18.2 Å². The van der Waals surface area contributed by atoms with Crippen LogP contribution in [0.1, 0.15) is 54.4 Å². The molecule has 5 heterocycles. The number of para-hydroxylation sites is 1. The number of carbonyl (C=O) groups is 3. The van der Waals surface area contributed by atoms with Crippen molar-refractivity contribution in [2.24, 2.45) is 5.41 Å². The SMILES string of the molecule is Cc1cnc(N2CC3(CCOCC3)C2)c(C(=O)Nc2ccc(C(=O)N3CCc4c(sc(C(=O)Nc5cccc(F)c5F)c4F)-c4ccccc43)cc2)c1. The molecule has 0 radical (unpaired) electrons. The average Bonchev–Trinajstić information content (AvgIpc) is 3.39. The number of hydrogen-bond acceptors (Lipinski definition) is 7. The summed E-state index contributed by atoms with van der Waals surface area (Å²) in [6, 6.07) is 18.8. The summed E-state index contributed by atoms with van der Waals surface area (Å²) in [7, 11) is 0. The Bertz CT molecular complexity index is 2260. The van der Waals surface area contributed by atoms with Gasteiger partial charge in [0.25, 0.3) is 17.7 Å². The molecule has 53 heavy (non-hydrogen) atoms. The molecule has 0 saturated carbocycles. The third-order valence-electron chi connectivity index (χ3n) is 10.2. The van der Waals surface area contributed by atoms with Gasteiger partial charge in [-0.1, -0.05) is 24.3 Å². The standard InChI is InChI=1S/C40H34F3N5O4S/c1-23-19-28(36(44-20-23)47-21-40(22-47)14-17-52-18-15-40)37(49)45-25-11-9-24(10-12-25)39(51)48-16-13-27-32(42)35(53-34(27)26-5-2-3-8-31(26)48)38(50)46-30-7-4-6-29(41)33(30)43/h2-12,19-20H,13-18,21-22H2,1H3,(H,45,49)(H,46,50). The second kappa shape index (κ2) is 13.8. The number of aryl methyl sites for hydroxylation is 1. The van der Waals surface area contributed by atoms with E-state index in [1.807, 2.05) is 13.0 Å². The summed E-state index contributed by atoms with van der Waals surface area (Å²) in [6.07, 6.45) is 3.87. The summed E-state index contributed by atoms with van der Waals surface area (Å²) in [5.41, 5.74) is 3.38. The Morgan fingerprint density at radius 2 is 1.64 bits per heavy atom. The van der Waals surface area contributed by atoms with Crippen LogP contribution in [0.15, 0.2) is 79.0 Å². The summed E-state index contributed by atoms with van der Waals surface area (Å²) >= 11 is 0.891. The molecule has 2 N–H and O–H groups in total. The smallest absolute Gasteiger partial charge is 0.268 e. The number of benzene rings is 3. The number of ether oxygens (including phenoxy) is 1. The quantitative estimate of drug-likeness (QED) is 0.184. The van der Waals surface area contributed by atoms with E-state index < -0.39 is 29.0 Å². The fraction of sp³-hybridized carbons (Fsp3) is 0.250. The Kier molecular flexibility index (Phi) is 8.99. The molecule has 5 aromatic rings. The van der Waals surface area contributed by atoms with Crippen molar-refractivity contribution in [2.45, 2.75) is 26.2 Å². The monoisotopic (exact) mass is 737 g/mol. The maximum Gasteiger partial charge on any atom is 0.268 e. The second-order valence-electron chi connectivity index (χ2n) is 13.7.